The maximum Gasteiger partial charge on any atom is 0.161 e. The Bertz CT molecular complexity index is 520. The Morgan fingerprint density at radius 1 is 1.56 bits per heavy atom. The summed E-state index contributed by atoms with van der Waals surface area (Å²) in [7, 11) is 5.54. The number of hydrogen-bond donors (Lipinski definition) is 1. The molecule has 1 N–H and O–H groups in total. The van der Waals surface area contributed by atoms with Gasteiger partial charge < -0.3 is 10.1 Å². The molecule has 0 aromatic carbocycles. The number of nitrogens with one attached hydrogen (secondary N) is 1. The van der Waals surface area contributed by atoms with E-state index in [-0.39, 0.29) is 6.04 Å². The van der Waals surface area contributed by atoms with E-state index in [1.54, 1.807) is 24.6 Å². The molecule has 2 aromatic rings. The van der Waals surface area contributed by atoms with Gasteiger partial charge in [0.2, 0.25) is 0 Å². The molecule has 0 aliphatic heterocycles. The summed E-state index contributed by atoms with van der Waals surface area (Å²) < 4.78 is 7.20. The van der Waals surface area contributed by atoms with Gasteiger partial charge in [0.15, 0.2) is 5.75 Å². The van der Waals surface area contributed by atoms with Crippen molar-refractivity contribution in [2.75, 3.05) is 14.2 Å². The number of aryl methyl sites for hydroxylation is 2. The van der Waals surface area contributed by atoms with Gasteiger partial charge in [-0.05, 0) is 14.0 Å². The average molecular weight is 266 g/mol. The van der Waals surface area contributed by atoms with Crippen LogP contribution in [0.3, 0.4) is 0 Å². The molecule has 0 bridgehead atoms. The maximum absolute atomic E-state index is 5.35. The van der Waals surface area contributed by atoms with E-state index in [9.17, 15) is 0 Å². The summed E-state index contributed by atoms with van der Waals surface area (Å²) in [4.78, 5) is 4.50. The second kappa shape index (κ2) is 5.49. The van der Waals surface area contributed by atoms with Crippen molar-refractivity contribution in [2.45, 2.75) is 19.4 Å². The smallest absolute Gasteiger partial charge is 0.161 e. The summed E-state index contributed by atoms with van der Waals surface area (Å²) in [6.45, 7) is 2.01. The van der Waals surface area contributed by atoms with Crippen molar-refractivity contribution in [1.29, 1.82) is 0 Å². The highest BCUT2D eigenvalue weighted by Gasteiger charge is 2.20. The van der Waals surface area contributed by atoms with Gasteiger partial charge in [-0.2, -0.15) is 5.10 Å². The molecule has 5 nitrogen and oxygen atoms in total. The fraction of sp³-hybridized carbons (Fsp3) is 0.500. The lowest BCUT2D eigenvalue weighted by atomic mass is 10.1. The van der Waals surface area contributed by atoms with E-state index < -0.39 is 0 Å². The third-order valence-corrected chi connectivity index (χ3v) is 3.88. The summed E-state index contributed by atoms with van der Waals surface area (Å²) in [5, 5.41) is 10.7. The molecule has 2 rings (SSSR count). The van der Waals surface area contributed by atoms with Gasteiger partial charge in [-0.1, -0.05) is 0 Å². The molecule has 0 spiro atoms. The fourth-order valence-electron chi connectivity index (χ4n) is 1.99. The molecule has 6 heteroatoms. The number of methoxy groups -OCH3 is 1. The monoisotopic (exact) mass is 266 g/mol. The lowest BCUT2D eigenvalue weighted by Gasteiger charge is -2.16. The molecule has 1 atom stereocenters. The van der Waals surface area contributed by atoms with Gasteiger partial charge in [0, 0.05) is 24.5 Å². The number of ether oxygens (including phenoxy) is 1. The van der Waals surface area contributed by atoms with Crippen molar-refractivity contribution in [2.24, 2.45) is 7.05 Å². The summed E-state index contributed by atoms with van der Waals surface area (Å²) in [5.74, 6) is 0.810. The van der Waals surface area contributed by atoms with Crippen LogP contribution in [0.5, 0.6) is 5.75 Å². The van der Waals surface area contributed by atoms with Crippen molar-refractivity contribution >= 4 is 11.3 Å². The largest absolute Gasteiger partial charge is 0.493 e. The zero-order valence-corrected chi connectivity index (χ0v) is 11.9. The molecule has 0 amide bonds. The van der Waals surface area contributed by atoms with Crippen LogP contribution in [-0.2, 0) is 13.5 Å². The zero-order chi connectivity index (χ0) is 13.1. The highest BCUT2D eigenvalue weighted by molar-refractivity contribution is 7.09. The molecular formula is C12H18N4OS. The van der Waals surface area contributed by atoms with Crippen molar-refractivity contribution in [3.63, 3.8) is 0 Å². The Kier molecular flexibility index (Phi) is 3.98. The molecule has 98 valence electrons. The summed E-state index contributed by atoms with van der Waals surface area (Å²) in [6.07, 6.45) is 2.58. The van der Waals surface area contributed by atoms with E-state index in [4.69, 9.17) is 4.74 Å². The van der Waals surface area contributed by atoms with Crippen molar-refractivity contribution in [3.05, 3.63) is 28.0 Å². The summed E-state index contributed by atoms with van der Waals surface area (Å²) in [5.41, 5.74) is 2.12. The normalized spacial score (nSPS) is 12.7. The average Bonchev–Trinajstić information content (AvgIpc) is 2.92. The number of rotatable bonds is 5. The third-order valence-electron chi connectivity index (χ3n) is 2.89. The number of aromatic nitrogens is 3. The quantitative estimate of drug-likeness (QED) is 0.895. The molecule has 0 saturated heterocycles. The van der Waals surface area contributed by atoms with Gasteiger partial charge in [-0.3, -0.25) is 4.68 Å². The van der Waals surface area contributed by atoms with Gasteiger partial charge >= 0.3 is 0 Å². The molecule has 2 heterocycles. The van der Waals surface area contributed by atoms with Crippen LogP contribution in [0.25, 0.3) is 0 Å². The molecular weight excluding hydrogens is 248 g/mol. The van der Waals surface area contributed by atoms with E-state index in [0.717, 1.165) is 28.6 Å². The lowest BCUT2D eigenvalue weighted by Crippen LogP contribution is -2.22. The predicted octanol–water partition coefficient (Wildman–Crippen LogP) is 1.70. The van der Waals surface area contributed by atoms with E-state index in [1.165, 1.54) is 0 Å². The van der Waals surface area contributed by atoms with Crippen LogP contribution in [0.15, 0.2) is 11.6 Å². The second-order valence-corrected chi connectivity index (χ2v) is 5.09. The van der Waals surface area contributed by atoms with Crippen LogP contribution in [0, 0.1) is 6.92 Å². The lowest BCUT2D eigenvalue weighted by molar-refractivity contribution is 0.397. The second-order valence-electron chi connectivity index (χ2n) is 4.15. The van der Waals surface area contributed by atoms with E-state index >= 15 is 0 Å². The Balaban J connectivity index is 2.25. The molecule has 2 aromatic heterocycles. The Labute approximate surface area is 111 Å². The third kappa shape index (κ3) is 2.54. The first-order valence-electron chi connectivity index (χ1n) is 5.79. The summed E-state index contributed by atoms with van der Waals surface area (Å²) in [6, 6.07) is 0.151. The SMILES string of the molecule is CNC(Cc1nc(C)cs1)c1c(OC)cnn1C. The first-order valence-corrected chi connectivity index (χ1v) is 6.67. The van der Waals surface area contributed by atoms with Crippen LogP contribution in [-0.4, -0.2) is 28.9 Å². The Morgan fingerprint density at radius 2 is 2.33 bits per heavy atom. The maximum atomic E-state index is 5.35. The van der Waals surface area contributed by atoms with E-state index in [0.29, 0.717) is 0 Å². The standard InChI is InChI=1S/C12H18N4OS/c1-8-7-18-11(15-8)5-9(13-2)12-10(17-4)6-14-16(12)3/h6-7,9,13H,5H2,1-4H3. The van der Waals surface area contributed by atoms with Crippen molar-refractivity contribution in [3.8, 4) is 5.75 Å². The topological polar surface area (TPSA) is 52.0 Å². The highest BCUT2D eigenvalue weighted by atomic mass is 32.1. The van der Waals surface area contributed by atoms with E-state index in [2.05, 4.69) is 20.8 Å². The van der Waals surface area contributed by atoms with Gasteiger partial charge in [0.25, 0.3) is 0 Å². The van der Waals surface area contributed by atoms with Crippen LogP contribution in [0.1, 0.15) is 22.4 Å². The predicted molar refractivity (Wildman–Crippen MR) is 72.1 cm³/mol. The van der Waals surface area contributed by atoms with Crippen LogP contribution in [0.4, 0.5) is 0 Å². The minimum atomic E-state index is 0.151. The van der Waals surface area contributed by atoms with Gasteiger partial charge in [-0.15, -0.1) is 11.3 Å². The first kappa shape index (κ1) is 13.0. The molecule has 0 radical (unpaired) electrons. The fourth-order valence-corrected chi connectivity index (χ4v) is 2.81. The zero-order valence-electron chi connectivity index (χ0n) is 11.1. The molecule has 0 saturated carbocycles. The highest BCUT2D eigenvalue weighted by Crippen LogP contribution is 2.27. The van der Waals surface area contributed by atoms with Crippen molar-refractivity contribution < 1.29 is 4.74 Å². The minimum absolute atomic E-state index is 0.151. The van der Waals surface area contributed by atoms with Gasteiger partial charge in [0.05, 0.1) is 30.1 Å². The van der Waals surface area contributed by atoms with E-state index in [1.807, 2.05) is 25.7 Å². The first-order chi connectivity index (χ1) is 8.65. The molecule has 0 aliphatic carbocycles. The van der Waals surface area contributed by atoms with Crippen LogP contribution < -0.4 is 10.1 Å². The van der Waals surface area contributed by atoms with Crippen LogP contribution in [0.2, 0.25) is 0 Å². The molecule has 0 aliphatic rings. The number of nitrogens with zero attached hydrogens (tertiary/aromatic N) is 3. The van der Waals surface area contributed by atoms with Gasteiger partial charge in [-0.25, -0.2) is 4.98 Å². The number of thiazole rings is 1. The molecule has 1 unspecified atom stereocenters. The number of hydrogen-bond acceptors (Lipinski definition) is 5. The minimum Gasteiger partial charge on any atom is -0.493 e. The van der Waals surface area contributed by atoms with Gasteiger partial charge in [0.1, 0.15) is 0 Å². The molecule has 0 fully saturated rings. The summed E-state index contributed by atoms with van der Waals surface area (Å²) >= 11 is 1.69. The Morgan fingerprint density at radius 3 is 2.89 bits per heavy atom. The number of likely N-dealkylation sites (N-methyl/N-ethyl adjacent to an activating group) is 1. The van der Waals surface area contributed by atoms with Crippen LogP contribution >= 0.6 is 11.3 Å². The Hall–Kier alpha value is -1.40. The molecule has 18 heavy (non-hydrogen) atoms. The van der Waals surface area contributed by atoms with Crippen molar-refractivity contribution in [1.82, 2.24) is 20.1 Å².